The number of aromatic nitrogens is 4. The molecule has 3 fully saturated rings. The number of pyridine rings is 2. The zero-order valence-electron chi connectivity index (χ0n) is 24.8. The molecule has 1 aliphatic carbocycles. The second-order valence-electron chi connectivity index (χ2n) is 11.1. The van der Waals surface area contributed by atoms with E-state index in [1.165, 1.54) is 50.4 Å². The van der Waals surface area contributed by atoms with E-state index in [1.807, 2.05) is 30.5 Å². The van der Waals surface area contributed by atoms with E-state index in [1.54, 1.807) is 22.2 Å². The number of fused-ring (bicyclic) bond motifs is 1. The molecule has 1 aromatic carbocycles. The molecule has 0 unspecified atom stereocenters. The van der Waals surface area contributed by atoms with E-state index in [4.69, 9.17) is 10.7 Å². The molecule has 0 bridgehead atoms. The van der Waals surface area contributed by atoms with E-state index < -0.39 is 0 Å². The fourth-order valence-electron chi connectivity index (χ4n) is 5.35. The third-order valence-electron chi connectivity index (χ3n) is 7.99. The minimum atomic E-state index is -0.0550. The van der Waals surface area contributed by atoms with Crippen LogP contribution in [-0.4, -0.2) is 92.9 Å². The van der Waals surface area contributed by atoms with Gasteiger partial charge in [-0.2, -0.15) is 0 Å². The minimum absolute atomic E-state index is 0.0550. The van der Waals surface area contributed by atoms with Gasteiger partial charge < -0.3 is 20.4 Å². The predicted molar refractivity (Wildman–Crippen MR) is 170 cm³/mol. The smallest absolute Gasteiger partial charge is 0.246 e. The van der Waals surface area contributed by atoms with Crippen molar-refractivity contribution in [1.29, 1.82) is 0 Å². The van der Waals surface area contributed by atoms with Crippen molar-refractivity contribution in [3.05, 3.63) is 79.3 Å². The number of likely N-dealkylation sites (tertiary alicyclic amines) is 1. The van der Waals surface area contributed by atoms with Crippen molar-refractivity contribution in [2.75, 3.05) is 52.0 Å². The lowest BCUT2D eigenvalue weighted by Crippen LogP contribution is -2.47. The van der Waals surface area contributed by atoms with Crippen molar-refractivity contribution < 1.29 is 9.59 Å². The number of imidazole rings is 1. The summed E-state index contributed by atoms with van der Waals surface area (Å²) in [5.74, 6) is 1.90. The Morgan fingerprint density at radius 1 is 1.00 bits per heavy atom. The summed E-state index contributed by atoms with van der Waals surface area (Å²) < 4.78 is 2.13. The predicted octanol–water partition coefficient (Wildman–Crippen LogP) is 4.13. The Morgan fingerprint density at radius 3 is 2.33 bits per heavy atom. The Kier molecular flexibility index (Phi) is 9.78. The third-order valence-corrected chi connectivity index (χ3v) is 7.99. The van der Waals surface area contributed by atoms with Gasteiger partial charge in [-0.1, -0.05) is 12.6 Å². The topological polar surface area (TPSA) is 113 Å². The maximum Gasteiger partial charge on any atom is 0.246 e. The summed E-state index contributed by atoms with van der Waals surface area (Å²) >= 11 is 0. The molecule has 1 saturated carbocycles. The highest BCUT2D eigenvalue weighted by molar-refractivity contribution is 5.87. The van der Waals surface area contributed by atoms with Crippen molar-refractivity contribution in [2.24, 2.45) is 0 Å². The van der Waals surface area contributed by atoms with Gasteiger partial charge in [0.15, 0.2) is 0 Å². The summed E-state index contributed by atoms with van der Waals surface area (Å²) in [7, 11) is 2.17. The van der Waals surface area contributed by atoms with Gasteiger partial charge in [-0.25, -0.2) is 9.97 Å². The third kappa shape index (κ3) is 7.45. The number of nitrogen functional groups attached to an aromatic ring is 1. The maximum absolute atomic E-state index is 11.1. The first-order valence-corrected chi connectivity index (χ1v) is 14.9. The Hall–Kier alpha value is -4.57. The van der Waals surface area contributed by atoms with Gasteiger partial charge in [0.2, 0.25) is 12.3 Å². The lowest BCUT2D eigenvalue weighted by Gasteiger charge is -2.31. The summed E-state index contributed by atoms with van der Waals surface area (Å²) in [6, 6.07) is 14.4. The van der Waals surface area contributed by atoms with Crippen LogP contribution in [0.15, 0.2) is 73.7 Å². The number of nitrogens with two attached hydrogens (primary N) is 1. The molecule has 10 nitrogen and oxygen atoms in total. The standard InChI is InChI=1S/C20H17N5.C8H12N2O2.C5H11N/c21-19-16(4-2-10-23-19)20-24-17-8-7-14(13-5-6-13)11-18(17)25(20)15-3-1-9-22-12-15;1-2-8(12)10-5-3-9(7-11)4-6-10;1-6-4-2-3-5-6/h1-4,7-13H,5-6H2,(H2,21,23);2,7H,1,3-6H2;2-5H2,1H3. The quantitative estimate of drug-likeness (QED) is 0.279. The molecule has 43 heavy (non-hydrogen) atoms. The number of piperazine rings is 1. The van der Waals surface area contributed by atoms with E-state index in [0.29, 0.717) is 37.9 Å². The second-order valence-corrected chi connectivity index (χ2v) is 11.1. The average molecular weight is 581 g/mol. The largest absolute Gasteiger partial charge is 0.383 e. The number of hydrogen-bond acceptors (Lipinski definition) is 7. The molecule has 0 radical (unpaired) electrons. The number of carbonyl (C=O) groups excluding carboxylic acids is 2. The monoisotopic (exact) mass is 580 g/mol. The fraction of sp³-hybridized carbons (Fsp3) is 0.364. The van der Waals surface area contributed by atoms with Gasteiger partial charge in [0.25, 0.3) is 0 Å². The molecular weight excluding hydrogens is 540 g/mol. The SMILES string of the molecule is C=CC(=O)N1CCN(C=O)CC1.CN1CCCC1.Nc1ncccc1-c1nc2ccc(C3CC3)cc2n1-c1cccnc1. The molecule has 3 aromatic heterocycles. The molecule has 5 heterocycles. The van der Waals surface area contributed by atoms with Crippen LogP contribution < -0.4 is 5.73 Å². The normalized spacial score (nSPS) is 16.6. The molecule has 2 saturated heterocycles. The van der Waals surface area contributed by atoms with Gasteiger partial charge in [0, 0.05) is 38.6 Å². The second kappa shape index (κ2) is 14.1. The van der Waals surface area contributed by atoms with Crippen LogP contribution in [-0.2, 0) is 9.59 Å². The van der Waals surface area contributed by atoms with Crippen LogP contribution in [0.3, 0.4) is 0 Å². The first kappa shape index (κ1) is 29.9. The summed E-state index contributed by atoms with van der Waals surface area (Å²) in [5.41, 5.74) is 11.3. The average Bonchev–Trinajstić information content (AvgIpc) is 3.68. The number of carbonyl (C=O) groups is 2. The number of nitrogens with zero attached hydrogens (tertiary/aromatic N) is 7. The van der Waals surface area contributed by atoms with E-state index in [2.05, 4.69) is 51.3 Å². The summed E-state index contributed by atoms with van der Waals surface area (Å²) in [6.07, 6.45) is 12.8. The number of anilines is 1. The van der Waals surface area contributed by atoms with E-state index >= 15 is 0 Å². The van der Waals surface area contributed by atoms with Crippen LogP contribution >= 0.6 is 0 Å². The van der Waals surface area contributed by atoms with Gasteiger partial charge in [0.1, 0.15) is 11.6 Å². The lowest BCUT2D eigenvalue weighted by atomic mass is 10.1. The zero-order chi connectivity index (χ0) is 30.2. The summed E-state index contributed by atoms with van der Waals surface area (Å²) in [5, 5.41) is 0. The van der Waals surface area contributed by atoms with Crippen molar-refractivity contribution in [2.45, 2.75) is 31.6 Å². The van der Waals surface area contributed by atoms with Crippen molar-refractivity contribution >= 4 is 29.2 Å². The van der Waals surface area contributed by atoms with E-state index in [9.17, 15) is 9.59 Å². The van der Waals surface area contributed by atoms with Crippen molar-refractivity contribution in [3.8, 4) is 17.1 Å². The van der Waals surface area contributed by atoms with Gasteiger partial charge in [0.05, 0.1) is 28.5 Å². The molecule has 3 aliphatic rings. The Balaban J connectivity index is 0.000000169. The molecule has 10 heteroatoms. The summed E-state index contributed by atoms with van der Waals surface area (Å²) in [6.45, 7) is 8.52. The van der Waals surface area contributed by atoms with Crippen molar-refractivity contribution in [3.63, 3.8) is 0 Å². The molecule has 0 spiro atoms. The van der Waals surface area contributed by atoms with Gasteiger partial charge in [-0.15, -0.1) is 0 Å². The Bertz CT molecular complexity index is 1540. The van der Waals surface area contributed by atoms with E-state index in [-0.39, 0.29) is 5.91 Å². The highest BCUT2D eigenvalue weighted by Crippen LogP contribution is 2.41. The number of amides is 2. The van der Waals surface area contributed by atoms with Gasteiger partial charge in [-0.05, 0) is 99.8 Å². The first-order chi connectivity index (χ1) is 21.0. The minimum Gasteiger partial charge on any atom is -0.383 e. The number of hydrogen-bond donors (Lipinski definition) is 1. The first-order valence-electron chi connectivity index (χ1n) is 14.9. The molecule has 2 aliphatic heterocycles. The van der Waals surface area contributed by atoms with Crippen LogP contribution in [0.2, 0.25) is 0 Å². The Labute approximate surface area is 252 Å². The fourth-order valence-corrected chi connectivity index (χ4v) is 5.35. The Morgan fingerprint density at radius 2 is 1.74 bits per heavy atom. The molecular formula is C33H40N8O2. The van der Waals surface area contributed by atoms with Crippen LogP contribution in [0.1, 0.15) is 37.2 Å². The van der Waals surface area contributed by atoms with Crippen LogP contribution in [0.4, 0.5) is 5.82 Å². The highest BCUT2D eigenvalue weighted by atomic mass is 16.2. The molecule has 4 aromatic rings. The summed E-state index contributed by atoms with van der Waals surface area (Å²) in [4.78, 5) is 40.4. The number of rotatable bonds is 5. The zero-order valence-corrected chi connectivity index (χ0v) is 24.8. The van der Waals surface area contributed by atoms with E-state index in [0.717, 1.165) is 34.5 Å². The van der Waals surface area contributed by atoms with Crippen LogP contribution in [0.25, 0.3) is 28.1 Å². The van der Waals surface area contributed by atoms with Crippen LogP contribution in [0, 0.1) is 0 Å². The van der Waals surface area contributed by atoms with Gasteiger partial charge in [-0.3, -0.25) is 19.1 Å². The highest BCUT2D eigenvalue weighted by Gasteiger charge is 2.25. The van der Waals surface area contributed by atoms with Gasteiger partial charge >= 0.3 is 0 Å². The maximum atomic E-state index is 11.1. The molecule has 2 N–H and O–H groups in total. The molecule has 224 valence electrons. The molecule has 7 rings (SSSR count). The molecule has 2 amide bonds. The number of benzene rings is 1. The molecule has 0 atom stereocenters. The van der Waals surface area contributed by atoms with Crippen LogP contribution in [0.5, 0.6) is 0 Å². The van der Waals surface area contributed by atoms with Crippen molar-refractivity contribution in [1.82, 2.24) is 34.2 Å². The lowest BCUT2D eigenvalue weighted by molar-refractivity contribution is -0.130.